The van der Waals surface area contributed by atoms with E-state index in [1.54, 1.807) is 0 Å². The first kappa shape index (κ1) is 13.0. The number of carbonyl (C=O) groups excluding carboxylic acids is 1. The van der Waals surface area contributed by atoms with Gasteiger partial charge in [-0.05, 0) is 12.8 Å². The van der Waals surface area contributed by atoms with Gasteiger partial charge in [0.2, 0.25) is 0 Å². The number of hydrogen-bond acceptors (Lipinski definition) is 3. The van der Waals surface area contributed by atoms with Crippen LogP contribution in [0.3, 0.4) is 0 Å². The highest BCUT2D eigenvalue weighted by molar-refractivity contribution is 5.88. The minimum atomic E-state index is -5.08. The molecule has 1 aliphatic heterocycles. The van der Waals surface area contributed by atoms with Crippen LogP contribution in [-0.4, -0.2) is 36.1 Å². The zero-order chi connectivity index (χ0) is 12.4. The molecule has 0 unspecified atom stereocenters. The number of carbonyl (C=O) groups is 2. The van der Waals surface area contributed by atoms with Gasteiger partial charge in [-0.15, -0.1) is 0 Å². The van der Waals surface area contributed by atoms with Crippen LogP contribution in [0.4, 0.5) is 13.2 Å². The highest BCUT2D eigenvalue weighted by atomic mass is 19.4. The van der Waals surface area contributed by atoms with E-state index in [9.17, 15) is 18.0 Å². The predicted octanol–water partition coefficient (Wildman–Crippen LogP) is 0.962. The minimum Gasteiger partial charge on any atom is -0.475 e. The Bertz CT molecular complexity index is 297. The number of carboxylic acid groups (broad SMARTS) is 1. The van der Waals surface area contributed by atoms with Crippen LogP contribution in [0.2, 0.25) is 0 Å². The summed E-state index contributed by atoms with van der Waals surface area (Å²) in [5, 5.41) is 10.4. The first-order valence-electron chi connectivity index (χ1n) is 4.82. The van der Waals surface area contributed by atoms with Crippen molar-refractivity contribution in [2.24, 2.45) is 5.41 Å². The molecule has 2 aliphatic rings. The number of alkyl halides is 3. The zero-order valence-corrected chi connectivity index (χ0v) is 8.43. The Labute approximate surface area is 89.8 Å². The maximum Gasteiger partial charge on any atom is 0.490 e. The molecule has 16 heavy (non-hydrogen) atoms. The fourth-order valence-electron chi connectivity index (χ4n) is 1.50. The largest absolute Gasteiger partial charge is 0.490 e. The molecule has 0 radical (unpaired) electrons. The topological polar surface area (TPSA) is 66.4 Å². The van der Waals surface area contributed by atoms with Crippen LogP contribution in [0.1, 0.15) is 19.3 Å². The second-order valence-corrected chi connectivity index (χ2v) is 3.93. The molecule has 0 amide bonds. The van der Waals surface area contributed by atoms with Gasteiger partial charge in [-0.2, -0.15) is 13.2 Å². The van der Waals surface area contributed by atoms with Gasteiger partial charge >= 0.3 is 12.1 Å². The van der Waals surface area contributed by atoms with Gasteiger partial charge in [0, 0.05) is 24.9 Å². The van der Waals surface area contributed by atoms with E-state index in [1.165, 1.54) is 0 Å². The summed E-state index contributed by atoms with van der Waals surface area (Å²) in [5.41, 5.74) is 0.137. The van der Waals surface area contributed by atoms with E-state index in [1.807, 2.05) is 0 Å². The first-order valence-corrected chi connectivity index (χ1v) is 4.82. The Morgan fingerprint density at radius 1 is 1.38 bits per heavy atom. The number of piperidine rings is 1. The van der Waals surface area contributed by atoms with E-state index >= 15 is 0 Å². The summed E-state index contributed by atoms with van der Waals surface area (Å²) in [6.07, 6.45) is -2.04. The van der Waals surface area contributed by atoms with Gasteiger partial charge in [-0.3, -0.25) is 4.79 Å². The molecule has 92 valence electrons. The Morgan fingerprint density at radius 2 is 1.88 bits per heavy atom. The van der Waals surface area contributed by atoms with E-state index in [2.05, 4.69) is 5.32 Å². The Balaban J connectivity index is 0.000000168. The number of ketones is 1. The Hall–Kier alpha value is -1.11. The van der Waals surface area contributed by atoms with Gasteiger partial charge in [-0.25, -0.2) is 4.79 Å². The Kier molecular flexibility index (Phi) is 3.57. The summed E-state index contributed by atoms with van der Waals surface area (Å²) < 4.78 is 31.7. The van der Waals surface area contributed by atoms with Gasteiger partial charge in [-0.1, -0.05) is 0 Å². The fourth-order valence-corrected chi connectivity index (χ4v) is 1.50. The highest BCUT2D eigenvalue weighted by Crippen LogP contribution is 2.47. The molecule has 2 fully saturated rings. The smallest absolute Gasteiger partial charge is 0.475 e. The molecule has 4 nitrogen and oxygen atoms in total. The number of nitrogens with one attached hydrogen (secondary N) is 1. The van der Waals surface area contributed by atoms with Crippen molar-refractivity contribution >= 4 is 11.8 Å². The monoisotopic (exact) mass is 239 g/mol. The van der Waals surface area contributed by atoms with Crippen molar-refractivity contribution in [1.29, 1.82) is 0 Å². The normalized spacial score (nSPS) is 22.3. The summed E-state index contributed by atoms with van der Waals surface area (Å²) >= 11 is 0. The van der Waals surface area contributed by atoms with Crippen molar-refractivity contribution in [3.63, 3.8) is 0 Å². The molecule has 2 rings (SSSR count). The summed E-state index contributed by atoms with van der Waals surface area (Å²) in [6, 6.07) is 0. The van der Waals surface area contributed by atoms with E-state index in [-0.39, 0.29) is 5.41 Å². The number of rotatable bonds is 0. The summed E-state index contributed by atoms with van der Waals surface area (Å²) in [5.74, 6) is -2.26. The van der Waals surface area contributed by atoms with Crippen molar-refractivity contribution in [2.45, 2.75) is 25.4 Å². The molecule has 0 bridgehead atoms. The zero-order valence-electron chi connectivity index (χ0n) is 8.43. The van der Waals surface area contributed by atoms with Crippen molar-refractivity contribution < 1.29 is 27.9 Å². The van der Waals surface area contributed by atoms with Crippen LogP contribution in [0.25, 0.3) is 0 Å². The minimum absolute atomic E-state index is 0.137. The van der Waals surface area contributed by atoms with Crippen molar-refractivity contribution in [1.82, 2.24) is 5.32 Å². The third kappa shape index (κ3) is 3.19. The van der Waals surface area contributed by atoms with Crippen molar-refractivity contribution in [3.8, 4) is 0 Å². The van der Waals surface area contributed by atoms with Crippen LogP contribution in [0, 0.1) is 5.41 Å². The summed E-state index contributed by atoms with van der Waals surface area (Å²) in [6.45, 7) is 1.85. The number of Topliss-reactive ketones (excluding diaryl/α,β-unsaturated/α-hetero) is 1. The molecular formula is C9H12F3NO3. The quantitative estimate of drug-likeness (QED) is 0.660. The Morgan fingerprint density at radius 3 is 2.12 bits per heavy atom. The lowest BCUT2D eigenvalue weighted by molar-refractivity contribution is -0.192. The van der Waals surface area contributed by atoms with Gasteiger partial charge in [0.05, 0.1) is 0 Å². The molecule has 0 aromatic heterocycles. The molecule has 0 aromatic carbocycles. The van der Waals surface area contributed by atoms with Crippen LogP contribution < -0.4 is 5.32 Å². The SMILES string of the molecule is O=C(O)C(F)(F)F.O=C1CCNCC12CC2. The molecule has 7 heteroatoms. The lowest BCUT2D eigenvalue weighted by Crippen LogP contribution is -2.38. The van der Waals surface area contributed by atoms with Crippen LogP contribution in [0.5, 0.6) is 0 Å². The standard InChI is InChI=1S/C7H11NO.C2HF3O2/c9-6-1-4-8-5-7(6)2-3-7;3-2(4,5)1(6)7/h8H,1-5H2;(H,6,7). The molecule has 1 heterocycles. The first-order chi connectivity index (χ1) is 7.28. The molecule has 1 aliphatic carbocycles. The molecule has 0 aromatic rings. The maximum absolute atomic E-state index is 11.1. The molecule has 1 spiro atoms. The lowest BCUT2D eigenvalue weighted by Gasteiger charge is -2.19. The van der Waals surface area contributed by atoms with E-state index in [4.69, 9.17) is 9.90 Å². The van der Waals surface area contributed by atoms with Gasteiger partial charge in [0.25, 0.3) is 0 Å². The van der Waals surface area contributed by atoms with Gasteiger partial charge < -0.3 is 10.4 Å². The fraction of sp³-hybridized carbons (Fsp3) is 0.778. The van der Waals surface area contributed by atoms with Crippen LogP contribution in [-0.2, 0) is 9.59 Å². The summed E-state index contributed by atoms with van der Waals surface area (Å²) in [7, 11) is 0. The number of hydrogen-bond donors (Lipinski definition) is 2. The van der Waals surface area contributed by atoms with Crippen molar-refractivity contribution in [2.75, 3.05) is 13.1 Å². The van der Waals surface area contributed by atoms with Crippen molar-refractivity contribution in [3.05, 3.63) is 0 Å². The lowest BCUT2D eigenvalue weighted by atomic mass is 9.95. The van der Waals surface area contributed by atoms with E-state index in [0.717, 1.165) is 32.4 Å². The summed E-state index contributed by atoms with van der Waals surface area (Å²) in [4.78, 5) is 20.0. The number of carboxylic acids is 1. The van der Waals surface area contributed by atoms with E-state index < -0.39 is 12.1 Å². The molecule has 2 N–H and O–H groups in total. The number of halogens is 3. The van der Waals surface area contributed by atoms with Gasteiger partial charge in [0.15, 0.2) is 0 Å². The van der Waals surface area contributed by atoms with E-state index in [0.29, 0.717) is 5.78 Å². The van der Waals surface area contributed by atoms with Crippen LogP contribution >= 0.6 is 0 Å². The average molecular weight is 239 g/mol. The van der Waals surface area contributed by atoms with Crippen LogP contribution in [0.15, 0.2) is 0 Å². The second kappa shape index (κ2) is 4.40. The average Bonchev–Trinajstić information content (AvgIpc) is 2.91. The maximum atomic E-state index is 11.1. The molecule has 0 atom stereocenters. The second-order valence-electron chi connectivity index (χ2n) is 3.93. The predicted molar refractivity (Wildman–Crippen MR) is 47.9 cm³/mol. The highest BCUT2D eigenvalue weighted by Gasteiger charge is 2.49. The van der Waals surface area contributed by atoms with Gasteiger partial charge in [0.1, 0.15) is 5.78 Å². The number of aliphatic carboxylic acids is 1. The molecule has 1 saturated carbocycles. The molecular weight excluding hydrogens is 227 g/mol. The third-order valence-corrected chi connectivity index (χ3v) is 2.68. The third-order valence-electron chi connectivity index (χ3n) is 2.68. The molecule has 1 saturated heterocycles.